The van der Waals surface area contributed by atoms with Crippen LogP contribution >= 0.6 is 0 Å². The predicted octanol–water partition coefficient (Wildman–Crippen LogP) is 1.96. The van der Waals surface area contributed by atoms with E-state index in [2.05, 4.69) is 28.5 Å². The lowest BCUT2D eigenvalue weighted by Gasteiger charge is -2.18. The minimum atomic E-state index is 0.566. The molecule has 1 fully saturated rings. The maximum absolute atomic E-state index is 5.33. The van der Waals surface area contributed by atoms with Crippen LogP contribution in [-0.2, 0) is 0 Å². The van der Waals surface area contributed by atoms with E-state index in [1.165, 1.54) is 12.8 Å². The van der Waals surface area contributed by atoms with Crippen molar-refractivity contribution in [2.75, 3.05) is 13.1 Å². The third kappa shape index (κ3) is 1.89. The van der Waals surface area contributed by atoms with Gasteiger partial charge in [0.2, 0.25) is 0 Å². The molecule has 1 aromatic heterocycles. The highest BCUT2D eigenvalue weighted by Crippen LogP contribution is 2.38. The Labute approximate surface area is 95.1 Å². The van der Waals surface area contributed by atoms with Crippen LogP contribution in [0.5, 0.6) is 0 Å². The molecule has 16 heavy (non-hydrogen) atoms. The summed E-state index contributed by atoms with van der Waals surface area (Å²) in [5.41, 5.74) is 1.16. The molecular formula is C12H17N3O. The van der Waals surface area contributed by atoms with E-state index in [4.69, 9.17) is 4.52 Å². The SMILES string of the molecule is CC[C@@H]1C=C(c2nc(C3CC3)no2)CNC1. The Morgan fingerprint density at radius 1 is 1.50 bits per heavy atom. The molecule has 2 aliphatic rings. The van der Waals surface area contributed by atoms with E-state index in [9.17, 15) is 0 Å². The van der Waals surface area contributed by atoms with E-state index < -0.39 is 0 Å². The van der Waals surface area contributed by atoms with Gasteiger partial charge in [0.05, 0.1) is 0 Å². The van der Waals surface area contributed by atoms with E-state index in [-0.39, 0.29) is 0 Å². The third-order valence-corrected chi connectivity index (χ3v) is 3.34. The van der Waals surface area contributed by atoms with Crippen molar-refractivity contribution in [3.8, 4) is 0 Å². The summed E-state index contributed by atoms with van der Waals surface area (Å²) in [5, 5.41) is 7.44. The average Bonchev–Trinajstić information content (AvgIpc) is 3.07. The van der Waals surface area contributed by atoms with Crippen LogP contribution in [0.4, 0.5) is 0 Å². The van der Waals surface area contributed by atoms with Crippen molar-refractivity contribution in [1.82, 2.24) is 15.5 Å². The first-order valence-electron chi connectivity index (χ1n) is 6.12. The zero-order chi connectivity index (χ0) is 11.0. The summed E-state index contributed by atoms with van der Waals surface area (Å²) in [4.78, 5) is 4.48. The zero-order valence-electron chi connectivity index (χ0n) is 9.57. The molecule has 3 rings (SSSR count). The zero-order valence-corrected chi connectivity index (χ0v) is 9.57. The van der Waals surface area contributed by atoms with Crippen molar-refractivity contribution in [1.29, 1.82) is 0 Å². The highest BCUT2D eigenvalue weighted by molar-refractivity contribution is 5.61. The van der Waals surface area contributed by atoms with Crippen molar-refractivity contribution in [3.63, 3.8) is 0 Å². The molecule has 1 saturated carbocycles. The largest absolute Gasteiger partial charge is 0.334 e. The number of nitrogens with zero attached hydrogens (tertiary/aromatic N) is 2. The molecule has 86 valence electrons. The van der Waals surface area contributed by atoms with Gasteiger partial charge in [-0.15, -0.1) is 0 Å². The third-order valence-electron chi connectivity index (χ3n) is 3.34. The summed E-state index contributed by atoms with van der Waals surface area (Å²) in [6.45, 7) is 4.11. The van der Waals surface area contributed by atoms with Crippen LogP contribution in [0, 0.1) is 5.92 Å². The molecular weight excluding hydrogens is 202 g/mol. The molecule has 0 unspecified atom stereocenters. The van der Waals surface area contributed by atoms with Gasteiger partial charge in [-0.05, 0) is 25.2 Å². The first-order chi connectivity index (χ1) is 7.86. The summed E-state index contributed by atoms with van der Waals surface area (Å²) in [6, 6.07) is 0. The molecule has 0 spiro atoms. The van der Waals surface area contributed by atoms with Gasteiger partial charge in [0.15, 0.2) is 5.82 Å². The van der Waals surface area contributed by atoms with E-state index >= 15 is 0 Å². The van der Waals surface area contributed by atoms with E-state index in [1.807, 2.05) is 0 Å². The molecule has 1 N–H and O–H groups in total. The molecule has 0 amide bonds. The first-order valence-corrected chi connectivity index (χ1v) is 6.12. The molecule has 1 atom stereocenters. The molecule has 2 heterocycles. The van der Waals surface area contributed by atoms with Gasteiger partial charge >= 0.3 is 0 Å². The Bertz CT molecular complexity index is 406. The molecule has 1 aliphatic heterocycles. The van der Waals surface area contributed by atoms with Gasteiger partial charge in [0.1, 0.15) is 0 Å². The number of hydrogen-bond donors (Lipinski definition) is 1. The minimum absolute atomic E-state index is 0.566. The second-order valence-corrected chi connectivity index (χ2v) is 4.72. The highest BCUT2D eigenvalue weighted by Gasteiger charge is 2.29. The maximum Gasteiger partial charge on any atom is 0.254 e. The van der Waals surface area contributed by atoms with Crippen molar-refractivity contribution in [2.45, 2.75) is 32.1 Å². The summed E-state index contributed by atoms with van der Waals surface area (Å²) in [7, 11) is 0. The van der Waals surface area contributed by atoms with Gasteiger partial charge < -0.3 is 9.84 Å². The summed E-state index contributed by atoms with van der Waals surface area (Å²) >= 11 is 0. The molecule has 0 bridgehead atoms. The van der Waals surface area contributed by atoms with Gasteiger partial charge in [-0.3, -0.25) is 0 Å². The monoisotopic (exact) mass is 219 g/mol. The first kappa shape index (κ1) is 10.0. The normalized spacial score (nSPS) is 25.6. The fraction of sp³-hybridized carbons (Fsp3) is 0.667. The number of aromatic nitrogens is 2. The van der Waals surface area contributed by atoms with Gasteiger partial charge in [0.25, 0.3) is 5.89 Å². The van der Waals surface area contributed by atoms with Crippen LogP contribution in [0.1, 0.15) is 43.8 Å². The maximum atomic E-state index is 5.33. The fourth-order valence-electron chi connectivity index (χ4n) is 2.08. The summed E-state index contributed by atoms with van der Waals surface area (Å²) < 4.78 is 5.33. The minimum Gasteiger partial charge on any atom is -0.334 e. The molecule has 0 radical (unpaired) electrons. The van der Waals surface area contributed by atoms with Gasteiger partial charge in [-0.2, -0.15) is 4.98 Å². The second kappa shape index (κ2) is 4.01. The Morgan fingerprint density at radius 2 is 2.38 bits per heavy atom. The molecule has 0 aromatic carbocycles. The van der Waals surface area contributed by atoms with Crippen LogP contribution in [0.25, 0.3) is 5.57 Å². The highest BCUT2D eigenvalue weighted by atomic mass is 16.5. The van der Waals surface area contributed by atoms with E-state index in [1.54, 1.807) is 0 Å². The summed E-state index contributed by atoms with van der Waals surface area (Å²) in [6.07, 6.45) is 5.86. The van der Waals surface area contributed by atoms with Crippen molar-refractivity contribution in [3.05, 3.63) is 17.8 Å². The number of rotatable bonds is 3. The lowest BCUT2D eigenvalue weighted by atomic mass is 9.99. The van der Waals surface area contributed by atoms with Crippen LogP contribution in [0.15, 0.2) is 10.6 Å². The smallest absolute Gasteiger partial charge is 0.254 e. The molecule has 1 aliphatic carbocycles. The van der Waals surface area contributed by atoms with E-state index in [0.717, 1.165) is 30.9 Å². The van der Waals surface area contributed by atoms with Crippen molar-refractivity contribution >= 4 is 5.57 Å². The van der Waals surface area contributed by atoms with E-state index in [0.29, 0.717) is 17.7 Å². The van der Waals surface area contributed by atoms with Gasteiger partial charge in [-0.1, -0.05) is 18.2 Å². The second-order valence-electron chi connectivity index (χ2n) is 4.72. The average molecular weight is 219 g/mol. The Morgan fingerprint density at radius 3 is 3.12 bits per heavy atom. The van der Waals surface area contributed by atoms with Gasteiger partial charge in [0, 0.05) is 24.6 Å². The molecule has 4 nitrogen and oxygen atoms in total. The predicted molar refractivity (Wildman–Crippen MR) is 60.9 cm³/mol. The van der Waals surface area contributed by atoms with Gasteiger partial charge in [-0.25, -0.2) is 0 Å². The van der Waals surface area contributed by atoms with Crippen LogP contribution in [0.3, 0.4) is 0 Å². The van der Waals surface area contributed by atoms with Crippen molar-refractivity contribution < 1.29 is 4.52 Å². The Balaban J connectivity index is 1.81. The number of hydrogen-bond acceptors (Lipinski definition) is 4. The quantitative estimate of drug-likeness (QED) is 0.844. The molecule has 4 heteroatoms. The topological polar surface area (TPSA) is 51.0 Å². The van der Waals surface area contributed by atoms with Crippen LogP contribution < -0.4 is 5.32 Å². The standard InChI is InChI=1S/C12H17N3O/c1-2-8-5-10(7-13-6-8)12-14-11(15-16-12)9-3-4-9/h5,8-9,13H,2-4,6-7H2,1H3/t8-/m1/s1. The van der Waals surface area contributed by atoms with Crippen LogP contribution in [-0.4, -0.2) is 23.2 Å². The lowest BCUT2D eigenvalue weighted by molar-refractivity contribution is 0.396. The Kier molecular flexibility index (Phi) is 2.52. The molecule has 1 aromatic rings. The molecule has 0 saturated heterocycles. The lowest BCUT2D eigenvalue weighted by Crippen LogP contribution is -2.28. The summed E-state index contributed by atoms with van der Waals surface area (Å²) in [5.74, 6) is 2.78. The van der Waals surface area contributed by atoms with Crippen molar-refractivity contribution in [2.24, 2.45) is 5.92 Å². The van der Waals surface area contributed by atoms with Crippen LogP contribution in [0.2, 0.25) is 0 Å². The fourth-order valence-corrected chi connectivity index (χ4v) is 2.08. The Hall–Kier alpha value is -1.16. The number of nitrogens with one attached hydrogen (secondary N) is 1.